The van der Waals surface area contributed by atoms with Crippen LogP contribution in [0.3, 0.4) is 0 Å². The number of carbonyl (C=O) groups excluding carboxylic acids is 2. The number of carbonyl (C=O) groups is 2. The summed E-state index contributed by atoms with van der Waals surface area (Å²) < 4.78 is 12.6. The molecule has 0 unspecified atom stereocenters. The van der Waals surface area contributed by atoms with Crippen LogP contribution in [0.4, 0.5) is 0 Å². The molecule has 0 aromatic rings. The summed E-state index contributed by atoms with van der Waals surface area (Å²) in [6.07, 6.45) is 14.8. The number of ether oxygens (including phenoxy) is 2. The van der Waals surface area contributed by atoms with E-state index in [2.05, 4.69) is 13.5 Å². The number of hydrogen-bond acceptors (Lipinski definition) is 4. The Kier molecular flexibility index (Phi) is 10.6. The molecular formula is C25H40O4. The molecule has 1 saturated heterocycles. The third-order valence-electron chi connectivity index (χ3n) is 6.12. The van der Waals surface area contributed by atoms with Crippen LogP contribution >= 0.6 is 0 Å². The van der Waals surface area contributed by atoms with Gasteiger partial charge in [0.1, 0.15) is 11.9 Å². The maximum absolute atomic E-state index is 12.6. The summed E-state index contributed by atoms with van der Waals surface area (Å²) in [5, 5.41) is 0. The van der Waals surface area contributed by atoms with Gasteiger partial charge in [-0.3, -0.25) is 9.59 Å². The van der Waals surface area contributed by atoms with Gasteiger partial charge in [0, 0.05) is 11.8 Å². The van der Waals surface area contributed by atoms with E-state index in [1.165, 1.54) is 18.9 Å². The highest BCUT2D eigenvalue weighted by atomic mass is 16.6. The molecule has 0 aromatic heterocycles. The zero-order chi connectivity index (χ0) is 21.9. The van der Waals surface area contributed by atoms with E-state index in [0.29, 0.717) is 12.8 Å². The number of esters is 1. The van der Waals surface area contributed by atoms with Crippen LogP contribution in [0, 0.1) is 5.41 Å². The lowest BCUT2D eigenvalue weighted by atomic mass is 9.68. The van der Waals surface area contributed by atoms with E-state index in [4.69, 9.17) is 9.47 Å². The lowest BCUT2D eigenvalue weighted by Crippen LogP contribution is -2.59. The maximum Gasteiger partial charge on any atom is 0.306 e. The first-order valence-electron chi connectivity index (χ1n) is 11.0. The minimum Gasteiger partial charge on any atom is -0.455 e. The van der Waals surface area contributed by atoms with Gasteiger partial charge in [-0.1, -0.05) is 64.7 Å². The second kappa shape index (κ2) is 12.1. The van der Waals surface area contributed by atoms with Crippen LogP contribution in [-0.4, -0.2) is 30.1 Å². The minimum absolute atomic E-state index is 0.0309. The molecule has 0 radical (unpaired) electrons. The molecule has 1 aliphatic rings. The largest absolute Gasteiger partial charge is 0.455 e. The lowest BCUT2D eigenvalue weighted by molar-refractivity contribution is -0.213. The van der Waals surface area contributed by atoms with Gasteiger partial charge in [-0.15, -0.1) is 6.58 Å². The Balaban J connectivity index is 3.06. The van der Waals surface area contributed by atoms with Gasteiger partial charge in [0.25, 0.3) is 0 Å². The summed E-state index contributed by atoms with van der Waals surface area (Å²) in [6.45, 7) is 14.0. The fourth-order valence-corrected chi connectivity index (χ4v) is 3.95. The van der Waals surface area contributed by atoms with Crippen LogP contribution in [0.5, 0.6) is 0 Å². The summed E-state index contributed by atoms with van der Waals surface area (Å²) >= 11 is 0. The van der Waals surface area contributed by atoms with Crippen molar-refractivity contribution < 1.29 is 19.1 Å². The maximum atomic E-state index is 12.6. The van der Waals surface area contributed by atoms with Crippen molar-refractivity contribution in [2.24, 2.45) is 5.41 Å². The highest BCUT2D eigenvalue weighted by Gasteiger charge is 2.54. The molecule has 29 heavy (non-hydrogen) atoms. The van der Waals surface area contributed by atoms with Crippen molar-refractivity contribution in [3.63, 3.8) is 0 Å². The molecule has 4 nitrogen and oxygen atoms in total. The molecule has 164 valence electrons. The topological polar surface area (TPSA) is 52.6 Å². The first-order valence-corrected chi connectivity index (χ1v) is 11.0. The van der Waals surface area contributed by atoms with E-state index in [-0.39, 0.29) is 12.1 Å². The molecule has 0 bridgehead atoms. The van der Waals surface area contributed by atoms with Crippen molar-refractivity contribution in [3.8, 4) is 0 Å². The average Bonchev–Trinajstić information content (AvgIpc) is 2.68. The Morgan fingerprint density at radius 1 is 1.31 bits per heavy atom. The highest BCUT2D eigenvalue weighted by Crippen LogP contribution is 2.47. The second-order valence-electron chi connectivity index (χ2n) is 8.69. The average molecular weight is 405 g/mol. The van der Waals surface area contributed by atoms with E-state index in [0.717, 1.165) is 37.5 Å². The van der Waals surface area contributed by atoms with E-state index < -0.39 is 17.1 Å². The van der Waals surface area contributed by atoms with E-state index in [1.807, 2.05) is 45.9 Å². The summed E-state index contributed by atoms with van der Waals surface area (Å²) in [4.78, 5) is 23.6. The van der Waals surface area contributed by atoms with Crippen LogP contribution < -0.4 is 0 Å². The fourth-order valence-electron chi connectivity index (χ4n) is 3.95. The molecule has 0 N–H and O–H groups in total. The standard InChI is InChI=1S/C25H40O4/c1-7-10-11-12-13-16-22(27)28-23-20(9-3)19-21(15-8-2)29-25(23,6)24(4,5)17-14-18-26/h8-9,14,17-18,21,23H,2,7,10-13,15-16,19H2,1,3-6H3/b17-14+,20-9+/t21-,23+,25-/m1/s1. The number of rotatable bonds is 12. The van der Waals surface area contributed by atoms with Crippen molar-refractivity contribution in [1.82, 2.24) is 0 Å². The van der Waals surface area contributed by atoms with Crippen LogP contribution in [0.25, 0.3) is 0 Å². The van der Waals surface area contributed by atoms with Gasteiger partial charge in [0.2, 0.25) is 0 Å². The molecule has 1 heterocycles. The molecule has 3 atom stereocenters. The van der Waals surface area contributed by atoms with Gasteiger partial charge >= 0.3 is 5.97 Å². The molecule has 0 saturated carbocycles. The normalized spacial score (nSPS) is 26.6. The summed E-state index contributed by atoms with van der Waals surface area (Å²) in [7, 11) is 0. The number of aldehydes is 1. The van der Waals surface area contributed by atoms with Crippen LogP contribution in [-0.2, 0) is 19.1 Å². The second-order valence-corrected chi connectivity index (χ2v) is 8.69. The highest BCUT2D eigenvalue weighted by molar-refractivity contribution is 5.70. The van der Waals surface area contributed by atoms with Crippen LogP contribution in [0.15, 0.2) is 36.5 Å². The molecule has 1 aliphatic heterocycles. The monoisotopic (exact) mass is 404 g/mol. The third-order valence-corrected chi connectivity index (χ3v) is 6.12. The molecular weight excluding hydrogens is 364 g/mol. The van der Waals surface area contributed by atoms with Crippen LogP contribution in [0.1, 0.15) is 86.0 Å². The minimum atomic E-state index is -0.794. The first-order chi connectivity index (χ1) is 13.8. The predicted octanol–water partition coefficient (Wildman–Crippen LogP) is 6.11. The van der Waals surface area contributed by atoms with E-state index >= 15 is 0 Å². The Morgan fingerprint density at radius 3 is 2.59 bits per heavy atom. The van der Waals surface area contributed by atoms with Gasteiger partial charge in [-0.25, -0.2) is 0 Å². The quantitative estimate of drug-likeness (QED) is 0.129. The summed E-state index contributed by atoms with van der Waals surface area (Å²) in [5.41, 5.74) is -0.246. The Morgan fingerprint density at radius 2 is 2.00 bits per heavy atom. The first kappa shape index (κ1) is 25.4. The fraction of sp³-hybridized carbons (Fsp3) is 0.680. The SMILES string of the molecule is C=CC[C@@H]1C/C(=C\C)[C@H](OC(=O)CCCCCCC)[C@](C)(C(C)(C)/C=C/C=O)O1. The molecule has 1 rings (SSSR count). The van der Waals surface area contributed by atoms with Crippen LogP contribution in [0.2, 0.25) is 0 Å². The van der Waals surface area contributed by atoms with Crippen molar-refractivity contribution in [2.45, 2.75) is 104 Å². The zero-order valence-electron chi connectivity index (χ0n) is 19.0. The summed E-state index contributed by atoms with van der Waals surface area (Å²) in [5.74, 6) is -0.182. The van der Waals surface area contributed by atoms with Gasteiger partial charge in [-0.2, -0.15) is 0 Å². The molecule has 0 spiro atoms. The van der Waals surface area contributed by atoms with Gasteiger partial charge in [0.15, 0.2) is 6.10 Å². The lowest BCUT2D eigenvalue weighted by Gasteiger charge is -2.52. The molecule has 0 amide bonds. The molecule has 1 fully saturated rings. The Hall–Kier alpha value is -1.68. The zero-order valence-corrected chi connectivity index (χ0v) is 19.0. The summed E-state index contributed by atoms with van der Waals surface area (Å²) in [6, 6.07) is 0. The van der Waals surface area contributed by atoms with Crippen molar-refractivity contribution in [1.29, 1.82) is 0 Å². The van der Waals surface area contributed by atoms with Gasteiger partial charge in [-0.05, 0) is 44.8 Å². The predicted molar refractivity (Wildman–Crippen MR) is 119 cm³/mol. The van der Waals surface area contributed by atoms with Crippen molar-refractivity contribution in [2.75, 3.05) is 0 Å². The van der Waals surface area contributed by atoms with Crippen molar-refractivity contribution in [3.05, 3.63) is 36.5 Å². The van der Waals surface area contributed by atoms with E-state index in [1.54, 1.807) is 0 Å². The Labute approximate surface area is 177 Å². The molecule has 0 aliphatic carbocycles. The number of allylic oxidation sites excluding steroid dienone is 2. The number of hydrogen-bond donors (Lipinski definition) is 0. The Bertz CT molecular complexity index is 602. The van der Waals surface area contributed by atoms with Gasteiger partial charge in [0.05, 0.1) is 6.10 Å². The molecule has 0 aromatic carbocycles. The molecule has 4 heteroatoms. The third kappa shape index (κ3) is 6.95. The number of unbranched alkanes of at least 4 members (excludes halogenated alkanes) is 4. The van der Waals surface area contributed by atoms with E-state index in [9.17, 15) is 9.59 Å². The van der Waals surface area contributed by atoms with Gasteiger partial charge < -0.3 is 9.47 Å². The smallest absolute Gasteiger partial charge is 0.306 e. The van der Waals surface area contributed by atoms with Crippen molar-refractivity contribution >= 4 is 12.3 Å².